The minimum atomic E-state index is -0.780. The van der Waals surface area contributed by atoms with Crippen molar-refractivity contribution < 1.29 is 0 Å². The van der Waals surface area contributed by atoms with Gasteiger partial charge in [0.1, 0.15) is 5.92 Å². The minimum absolute atomic E-state index is 0.225. The van der Waals surface area contributed by atoms with Crippen molar-refractivity contribution in [3.8, 4) is 6.07 Å². The summed E-state index contributed by atoms with van der Waals surface area (Å²) in [7, 11) is 0. The SMILES string of the molecule is N#CC(c1nn[nH]n1)C(N)N. The lowest BCUT2D eigenvalue weighted by Gasteiger charge is -2.06. The van der Waals surface area contributed by atoms with E-state index >= 15 is 0 Å². The van der Waals surface area contributed by atoms with Crippen molar-refractivity contribution in [3.05, 3.63) is 5.82 Å². The first kappa shape index (κ1) is 7.59. The molecule has 0 aromatic carbocycles. The fraction of sp³-hybridized carbons (Fsp3) is 0.500. The van der Waals surface area contributed by atoms with Crippen molar-refractivity contribution in [2.24, 2.45) is 11.5 Å². The standard InChI is InChI=1S/C4H7N7/c5-1-2(3(6)7)4-8-10-11-9-4/h2-3H,6-7H2,(H,8,9,10,11). The second-order valence-corrected chi connectivity index (χ2v) is 1.95. The lowest BCUT2D eigenvalue weighted by Crippen LogP contribution is -2.37. The molecule has 0 aliphatic heterocycles. The van der Waals surface area contributed by atoms with E-state index in [1.54, 1.807) is 0 Å². The largest absolute Gasteiger partial charge is 0.315 e. The third-order valence-corrected chi connectivity index (χ3v) is 1.16. The van der Waals surface area contributed by atoms with Crippen molar-refractivity contribution in [2.45, 2.75) is 12.1 Å². The van der Waals surface area contributed by atoms with Gasteiger partial charge in [0.2, 0.25) is 0 Å². The van der Waals surface area contributed by atoms with Gasteiger partial charge in [-0.25, -0.2) is 0 Å². The molecular weight excluding hydrogens is 146 g/mol. The smallest absolute Gasteiger partial charge is 0.194 e. The third kappa shape index (κ3) is 1.49. The Morgan fingerprint density at radius 3 is 2.64 bits per heavy atom. The van der Waals surface area contributed by atoms with Crippen LogP contribution >= 0.6 is 0 Å². The second-order valence-electron chi connectivity index (χ2n) is 1.95. The maximum Gasteiger partial charge on any atom is 0.194 e. The molecule has 1 aromatic rings. The molecule has 1 atom stereocenters. The number of rotatable bonds is 2. The molecule has 0 amide bonds. The molecule has 0 saturated heterocycles. The fourth-order valence-electron chi connectivity index (χ4n) is 0.617. The summed E-state index contributed by atoms with van der Waals surface area (Å²) < 4.78 is 0. The number of nitrogens with zero attached hydrogens (tertiary/aromatic N) is 4. The van der Waals surface area contributed by atoms with Crippen LogP contribution in [-0.4, -0.2) is 26.8 Å². The number of nitrogens with one attached hydrogen (secondary N) is 1. The summed E-state index contributed by atoms with van der Waals surface area (Å²) >= 11 is 0. The summed E-state index contributed by atoms with van der Waals surface area (Å²) in [6, 6.07) is 1.87. The van der Waals surface area contributed by atoms with Crippen molar-refractivity contribution in [2.75, 3.05) is 0 Å². The van der Waals surface area contributed by atoms with E-state index in [1.807, 2.05) is 6.07 Å². The molecule has 58 valence electrons. The molecule has 0 radical (unpaired) electrons. The predicted octanol–water partition coefficient (Wildman–Crippen LogP) is -1.95. The van der Waals surface area contributed by atoms with Gasteiger partial charge >= 0.3 is 0 Å². The average molecular weight is 153 g/mol. The van der Waals surface area contributed by atoms with Gasteiger partial charge in [-0.05, 0) is 0 Å². The summed E-state index contributed by atoms with van der Waals surface area (Å²) in [6.07, 6.45) is -0.780. The fourth-order valence-corrected chi connectivity index (χ4v) is 0.617. The van der Waals surface area contributed by atoms with Crippen molar-refractivity contribution in [3.63, 3.8) is 0 Å². The van der Waals surface area contributed by atoms with Crippen LogP contribution in [0.15, 0.2) is 0 Å². The van der Waals surface area contributed by atoms with Crippen LogP contribution in [0.4, 0.5) is 0 Å². The molecule has 1 rings (SSSR count). The van der Waals surface area contributed by atoms with Gasteiger partial charge in [-0.2, -0.15) is 10.5 Å². The third-order valence-electron chi connectivity index (χ3n) is 1.16. The van der Waals surface area contributed by atoms with Crippen LogP contribution in [0.25, 0.3) is 0 Å². The van der Waals surface area contributed by atoms with E-state index in [0.29, 0.717) is 0 Å². The Bertz CT molecular complexity index is 244. The highest BCUT2D eigenvalue weighted by Crippen LogP contribution is 2.07. The first-order valence-corrected chi connectivity index (χ1v) is 2.90. The van der Waals surface area contributed by atoms with Crippen LogP contribution in [0.2, 0.25) is 0 Å². The van der Waals surface area contributed by atoms with E-state index in [-0.39, 0.29) is 5.82 Å². The van der Waals surface area contributed by atoms with Gasteiger partial charge in [-0.3, -0.25) is 0 Å². The highest BCUT2D eigenvalue weighted by molar-refractivity contribution is 5.08. The Labute approximate surface area is 62.4 Å². The number of aromatic amines is 1. The molecule has 1 aromatic heterocycles. The molecule has 7 nitrogen and oxygen atoms in total. The van der Waals surface area contributed by atoms with Gasteiger partial charge in [0.15, 0.2) is 5.82 Å². The van der Waals surface area contributed by atoms with Crippen molar-refractivity contribution in [1.82, 2.24) is 20.6 Å². The maximum atomic E-state index is 8.54. The number of H-pyrrole nitrogens is 1. The Balaban J connectivity index is 2.82. The van der Waals surface area contributed by atoms with Gasteiger partial charge in [0.05, 0.1) is 12.2 Å². The normalized spacial score (nSPS) is 12.9. The highest BCUT2D eigenvalue weighted by atomic mass is 15.5. The Morgan fingerprint density at radius 1 is 1.55 bits per heavy atom. The first-order valence-electron chi connectivity index (χ1n) is 2.90. The zero-order valence-electron chi connectivity index (χ0n) is 5.60. The summed E-state index contributed by atoms with van der Waals surface area (Å²) in [5.74, 6) is -0.476. The van der Waals surface area contributed by atoms with E-state index in [4.69, 9.17) is 16.7 Å². The number of hydrogen-bond acceptors (Lipinski definition) is 6. The van der Waals surface area contributed by atoms with Gasteiger partial charge in [0, 0.05) is 0 Å². The predicted molar refractivity (Wildman–Crippen MR) is 34.7 cm³/mol. The van der Waals surface area contributed by atoms with Crippen LogP contribution in [-0.2, 0) is 0 Å². The summed E-state index contributed by atoms with van der Waals surface area (Å²) in [6.45, 7) is 0. The molecule has 0 bridgehead atoms. The second kappa shape index (κ2) is 3.05. The summed E-state index contributed by atoms with van der Waals surface area (Å²) in [5, 5.41) is 21.2. The lowest BCUT2D eigenvalue weighted by molar-refractivity contribution is 0.613. The number of tetrazole rings is 1. The first-order chi connectivity index (χ1) is 5.25. The van der Waals surface area contributed by atoms with Crippen LogP contribution < -0.4 is 11.5 Å². The molecule has 0 aliphatic rings. The number of hydrogen-bond donors (Lipinski definition) is 3. The molecular formula is C4H7N7. The monoisotopic (exact) mass is 153 g/mol. The van der Waals surface area contributed by atoms with Crippen LogP contribution in [0.1, 0.15) is 11.7 Å². The summed E-state index contributed by atoms with van der Waals surface area (Å²) in [4.78, 5) is 0. The van der Waals surface area contributed by atoms with Gasteiger partial charge in [-0.1, -0.05) is 5.21 Å². The number of nitriles is 1. The number of aromatic nitrogens is 4. The van der Waals surface area contributed by atoms with Gasteiger partial charge in [0.25, 0.3) is 0 Å². The Morgan fingerprint density at radius 2 is 2.27 bits per heavy atom. The number of nitrogens with two attached hydrogens (primary N) is 2. The van der Waals surface area contributed by atoms with E-state index in [0.717, 1.165) is 0 Å². The topological polar surface area (TPSA) is 130 Å². The van der Waals surface area contributed by atoms with Crippen LogP contribution in [0.5, 0.6) is 0 Å². The molecule has 0 saturated carbocycles. The zero-order chi connectivity index (χ0) is 8.27. The minimum Gasteiger partial charge on any atom is -0.315 e. The maximum absolute atomic E-state index is 8.54. The molecule has 11 heavy (non-hydrogen) atoms. The van der Waals surface area contributed by atoms with Crippen LogP contribution in [0.3, 0.4) is 0 Å². The van der Waals surface area contributed by atoms with E-state index in [1.165, 1.54) is 0 Å². The molecule has 0 aliphatic carbocycles. The lowest BCUT2D eigenvalue weighted by atomic mass is 10.1. The molecule has 5 N–H and O–H groups in total. The quantitative estimate of drug-likeness (QED) is 0.423. The molecule has 0 fully saturated rings. The van der Waals surface area contributed by atoms with Crippen molar-refractivity contribution >= 4 is 0 Å². The van der Waals surface area contributed by atoms with Gasteiger partial charge < -0.3 is 11.5 Å². The highest BCUT2D eigenvalue weighted by Gasteiger charge is 2.19. The Hall–Kier alpha value is -1.52. The molecule has 7 heteroatoms. The summed E-state index contributed by atoms with van der Waals surface area (Å²) in [5.41, 5.74) is 10.5. The average Bonchev–Trinajstić information content (AvgIpc) is 2.40. The van der Waals surface area contributed by atoms with E-state index < -0.39 is 12.1 Å². The molecule has 0 spiro atoms. The molecule has 1 heterocycles. The van der Waals surface area contributed by atoms with E-state index in [9.17, 15) is 0 Å². The van der Waals surface area contributed by atoms with E-state index in [2.05, 4.69) is 20.6 Å². The van der Waals surface area contributed by atoms with Gasteiger partial charge in [-0.15, -0.1) is 10.2 Å². The Kier molecular flexibility index (Phi) is 2.10. The van der Waals surface area contributed by atoms with Crippen molar-refractivity contribution in [1.29, 1.82) is 5.26 Å². The van der Waals surface area contributed by atoms with Crippen LogP contribution in [0, 0.1) is 11.3 Å². The zero-order valence-corrected chi connectivity index (χ0v) is 5.60. The molecule has 1 unspecified atom stereocenters.